The van der Waals surface area contributed by atoms with Crippen molar-refractivity contribution in [2.24, 2.45) is 0 Å². The molecule has 0 heterocycles. The van der Waals surface area contributed by atoms with E-state index in [2.05, 4.69) is 0 Å². The lowest BCUT2D eigenvalue weighted by atomic mass is 10.3. The van der Waals surface area contributed by atoms with Gasteiger partial charge in [-0.3, -0.25) is 0 Å². The lowest BCUT2D eigenvalue weighted by Gasteiger charge is -2.14. The minimum absolute atomic E-state index is 0.417. The molecule has 0 radical (unpaired) electrons. The number of aliphatic hydroxyl groups is 1. The van der Waals surface area contributed by atoms with E-state index in [1.54, 1.807) is 38.1 Å². The minimum Gasteiger partial charge on any atom is -0.428 e. The number of carbonyl (C=O) groups excluding carboxylic acids is 1. The lowest BCUT2D eigenvalue weighted by molar-refractivity contribution is 0.00206. The quantitative estimate of drug-likeness (QED) is 0.612. The van der Waals surface area contributed by atoms with E-state index in [9.17, 15) is 4.79 Å². The number of carbonyl (C=O) groups is 1. The molecule has 1 N–H and O–H groups in total. The normalized spacial score (nSPS) is 14.1. The topological polar surface area (TPSA) is 55.8 Å². The smallest absolute Gasteiger partial charge is 0.428 e. The molecule has 2 unspecified atom stereocenters. The van der Waals surface area contributed by atoms with Crippen LogP contribution in [0.3, 0.4) is 0 Å². The minimum atomic E-state index is -0.811. The fraction of sp³-hybridized carbons (Fsp3) is 0.364. The van der Waals surface area contributed by atoms with E-state index in [0.717, 1.165) is 0 Å². The highest BCUT2D eigenvalue weighted by molar-refractivity contribution is 5.63. The van der Waals surface area contributed by atoms with Gasteiger partial charge in [-0.1, -0.05) is 18.2 Å². The van der Waals surface area contributed by atoms with Crippen molar-refractivity contribution in [3.05, 3.63) is 30.3 Å². The molecule has 4 nitrogen and oxygen atoms in total. The Hall–Kier alpha value is -1.55. The summed E-state index contributed by atoms with van der Waals surface area (Å²) in [6.07, 6.45) is -2.11. The van der Waals surface area contributed by atoms with Gasteiger partial charge in [-0.25, -0.2) is 4.79 Å². The Labute approximate surface area is 88.4 Å². The van der Waals surface area contributed by atoms with Crippen molar-refractivity contribution < 1.29 is 19.4 Å². The maximum atomic E-state index is 11.2. The van der Waals surface area contributed by atoms with Crippen LogP contribution in [0, 0.1) is 0 Å². The van der Waals surface area contributed by atoms with E-state index in [4.69, 9.17) is 14.6 Å². The molecule has 0 aliphatic rings. The van der Waals surface area contributed by atoms with Gasteiger partial charge in [0, 0.05) is 0 Å². The van der Waals surface area contributed by atoms with E-state index in [0.29, 0.717) is 5.75 Å². The van der Waals surface area contributed by atoms with Crippen LogP contribution in [0.15, 0.2) is 30.3 Å². The fourth-order valence-electron chi connectivity index (χ4n) is 0.859. The molecule has 0 aliphatic heterocycles. The lowest BCUT2D eigenvalue weighted by Crippen LogP contribution is -2.27. The second-order valence-corrected chi connectivity index (χ2v) is 3.23. The predicted molar refractivity (Wildman–Crippen MR) is 54.7 cm³/mol. The molecule has 0 aliphatic carbocycles. The van der Waals surface area contributed by atoms with Crippen LogP contribution in [0.2, 0.25) is 0 Å². The first-order valence-electron chi connectivity index (χ1n) is 4.71. The Balaban J connectivity index is 2.43. The zero-order valence-corrected chi connectivity index (χ0v) is 8.71. The summed E-state index contributed by atoms with van der Waals surface area (Å²) in [4.78, 5) is 11.2. The molecular weight excluding hydrogens is 196 g/mol. The van der Waals surface area contributed by atoms with Gasteiger partial charge in [0.05, 0.1) is 6.10 Å². The maximum Gasteiger partial charge on any atom is 0.514 e. The second-order valence-electron chi connectivity index (χ2n) is 3.23. The highest BCUT2D eigenvalue weighted by Gasteiger charge is 2.15. The molecule has 82 valence electrons. The molecular formula is C11H14O4. The van der Waals surface area contributed by atoms with Crippen LogP contribution in [0.4, 0.5) is 4.79 Å². The fourth-order valence-corrected chi connectivity index (χ4v) is 0.859. The summed E-state index contributed by atoms with van der Waals surface area (Å²) in [6.45, 7) is 3.14. The monoisotopic (exact) mass is 210 g/mol. The van der Waals surface area contributed by atoms with Crippen molar-refractivity contribution in [1.82, 2.24) is 0 Å². The van der Waals surface area contributed by atoms with Crippen molar-refractivity contribution in [3.63, 3.8) is 0 Å². The van der Waals surface area contributed by atoms with Crippen LogP contribution in [0.5, 0.6) is 5.75 Å². The zero-order valence-electron chi connectivity index (χ0n) is 8.71. The van der Waals surface area contributed by atoms with Gasteiger partial charge in [0.15, 0.2) is 0 Å². The van der Waals surface area contributed by atoms with E-state index < -0.39 is 18.4 Å². The highest BCUT2D eigenvalue weighted by Crippen LogP contribution is 2.10. The molecule has 1 aromatic carbocycles. The molecule has 1 rings (SSSR count). The summed E-state index contributed by atoms with van der Waals surface area (Å²) < 4.78 is 9.67. The van der Waals surface area contributed by atoms with E-state index in [-0.39, 0.29) is 0 Å². The van der Waals surface area contributed by atoms with Crippen LogP contribution in [-0.2, 0) is 4.74 Å². The van der Waals surface area contributed by atoms with Crippen LogP contribution in [-0.4, -0.2) is 23.5 Å². The highest BCUT2D eigenvalue weighted by atomic mass is 16.7. The first kappa shape index (κ1) is 11.5. The van der Waals surface area contributed by atoms with Gasteiger partial charge in [0.1, 0.15) is 11.9 Å². The molecule has 0 bridgehead atoms. The summed E-state index contributed by atoms with van der Waals surface area (Å²) in [7, 11) is 0. The van der Waals surface area contributed by atoms with Crippen molar-refractivity contribution >= 4 is 6.16 Å². The molecule has 0 fully saturated rings. The third kappa shape index (κ3) is 3.99. The summed E-state index contributed by atoms with van der Waals surface area (Å²) in [5.74, 6) is 0.417. The largest absolute Gasteiger partial charge is 0.514 e. The number of rotatable bonds is 3. The molecule has 0 amide bonds. The average Bonchev–Trinajstić information content (AvgIpc) is 2.18. The van der Waals surface area contributed by atoms with Gasteiger partial charge in [-0.05, 0) is 26.0 Å². The Morgan fingerprint density at radius 2 is 1.87 bits per heavy atom. The molecule has 2 atom stereocenters. The zero-order chi connectivity index (χ0) is 11.3. The van der Waals surface area contributed by atoms with Gasteiger partial charge in [0.2, 0.25) is 0 Å². The summed E-state index contributed by atoms with van der Waals surface area (Å²) in [5, 5.41) is 9.10. The first-order chi connectivity index (χ1) is 7.09. The molecule has 15 heavy (non-hydrogen) atoms. The number of hydrogen-bond donors (Lipinski definition) is 1. The average molecular weight is 210 g/mol. The van der Waals surface area contributed by atoms with Crippen LogP contribution in [0.25, 0.3) is 0 Å². The van der Waals surface area contributed by atoms with Gasteiger partial charge >= 0.3 is 6.16 Å². The van der Waals surface area contributed by atoms with E-state index in [1.807, 2.05) is 6.07 Å². The number of aliphatic hydroxyl groups excluding tert-OH is 1. The van der Waals surface area contributed by atoms with Gasteiger partial charge in [-0.2, -0.15) is 0 Å². The van der Waals surface area contributed by atoms with Crippen LogP contribution in [0.1, 0.15) is 13.8 Å². The maximum absolute atomic E-state index is 11.2. The van der Waals surface area contributed by atoms with Crippen molar-refractivity contribution in [1.29, 1.82) is 0 Å². The Morgan fingerprint density at radius 3 is 2.40 bits per heavy atom. The summed E-state index contributed by atoms with van der Waals surface area (Å²) >= 11 is 0. The Bertz CT molecular complexity index is 308. The van der Waals surface area contributed by atoms with Crippen molar-refractivity contribution in [2.45, 2.75) is 26.1 Å². The first-order valence-corrected chi connectivity index (χ1v) is 4.71. The SMILES string of the molecule is CC(O)C(C)OC(=O)Oc1ccccc1. The van der Waals surface area contributed by atoms with Crippen LogP contribution < -0.4 is 4.74 Å². The summed E-state index contributed by atoms with van der Waals surface area (Å²) in [6, 6.07) is 8.61. The van der Waals surface area contributed by atoms with E-state index in [1.165, 1.54) is 0 Å². The number of hydrogen-bond acceptors (Lipinski definition) is 4. The molecule has 0 spiro atoms. The predicted octanol–water partition coefficient (Wildman–Crippen LogP) is 1.97. The number of ether oxygens (including phenoxy) is 2. The van der Waals surface area contributed by atoms with Crippen LogP contribution >= 0.6 is 0 Å². The Kier molecular flexibility index (Phi) is 4.12. The van der Waals surface area contributed by atoms with Crippen molar-refractivity contribution in [3.8, 4) is 5.75 Å². The molecule has 4 heteroatoms. The molecule has 0 aromatic heterocycles. The second kappa shape index (κ2) is 5.36. The van der Waals surface area contributed by atoms with Crippen molar-refractivity contribution in [2.75, 3.05) is 0 Å². The Morgan fingerprint density at radius 1 is 1.27 bits per heavy atom. The third-order valence-electron chi connectivity index (χ3n) is 1.91. The summed E-state index contributed by atoms with van der Waals surface area (Å²) in [5.41, 5.74) is 0. The number of benzene rings is 1. The standard InChI is InChI=1S/C11H14O4/c1-8(12)9(2)14-11(13)15-10-6-4-3-5-7-10/h3-9,12H,1-2H3. The number of para-hydroxylation sites is 1. The molecule has 0 saturated carbocycles. The van der Waals surface area contributed by atoms with Gasteiger partial charge in [-0.15, -0.1) is 0 Å². The molecule has 1 aromatic rings. The van der Waals surface area contributed by atoms with Gasteiger partial charge in [0.25, 0.3) is 0 Å². The van der Waals surface area contributed by atoms with Gasteiger partial charge < -0.3 is 14.6 Å². The molecule has 0 saturated heterocycles. The third-order valence-corrected chi connectivity index (χ3v) is 1.91. The van der Waals surface area contributed by atoms with E-state index >= 15 is 0 Å².